The van der Waals surface area contributed by atoms with Gasteiger partial charge < -0.3 is 14.8 Å². The van der Waals surface area contributed by atoms with Gasteiger partial charge in [0.1, 0.15) is 5.75 Å². The first-order valence-electron chi connectivity index (χ1n) is 6.61. The highest BCUT2D eigenvalue weighted by molar-refractivity contribution is 5.72. The van der Waals surface area contributed by atoms with Crippen molar-refractivity contribution in [2.24, 2.45) is 5.92 Å². The Morgan fingerprint density at radius 2 is 2.11 bits per heavy atom. The van der Waals surface area contributed by atoms with E-state index < -0.39 is 0 Å². The number of esters is 1. The molecular weight excluding hydrogens is 242 g/mol. The van der Waals surface area contributed by atoms with Crippen LogP contribution >= 0.6 is 0 Å². The molecule has 0 aromatic heterocycles. The SMILES string of the molecule is CCOc1cccc(CNC(C)C(C)C(=O)OC)c1. The molecule has 2 unspecified atom stereocenters. The van der Waals surface area contributed by atoms with Gasteiger partial charge >= 0.3 is 5.97 Å². The molecule has 4 nitrogen and oxygen atoms in total. The summed E-state index contributed by atoms with van der Waals surface area (Å²) < 4.78 is 10.2. The van der Waals surface area contributed by atoms with Crippen LogP contribution in [0.25, 0.3) is 0 Å². The number of methoxy groups -OCH3 is 1. The summed E-state index contributed by atoms with van der Waals surface area (Å²) in [5, 5.41) is 3.33. The molecule has 1 N–H and O–H groups in total. The molecule has 0 radical (unpaired) electrons. The van der Waals surface area contributed by atoms with E-state index in [4.69, 9.17) is 9.47 Å². The van der Waals surface area contributed by atoms with Crippen LogP contribution in [0.15, 0.2) is 24.3 Å². The Hall–Kier alpha value is -1.55. The minimum atomic E-state index is -0.192. The molecule has 1 aromatic carbocycles. The highest BCUT2D eigenvalue weighted by atomic mass is 16.5. The lowest BCUT2D eigenvalue weighted by Gasteiger charge is -2.19. The third-order valence-electron chi connectivity index (χ3n) is 3.16. The van der Waals surface area contributed by atoms with Crippen LogP contribution in [0.5, 0.6) is 5.75 Å². The average molecular weight is 265 g/mol. The molecule has 19 heavy (non-hydrogen) atoms. The van der Waals surface area contributed by atoms with Crippen LogP contribution < -0.4 is 10.1 Å². The lowest BCUT2D eigenvalue weighted by molar-refractivity contribution is -0.145. The number of hydrogen-bond acceptors (Lipinski definition) is 4. The molecule has 0 heterocycles. The fourth-order valence-corrected chi connectivity index (χ4v) is 1.76. The van der Waals surface area contributed by atoms with E-state index in [2.05, 4.69) is 5.32 Å². The van der Waals surface area contributed by atoms with Crippen LogP contribution in [0, 0.1) is 5.92 Å². The molecule has 0 aliphatic heterocycles. The van der Waals surface area contributed by atoms with E-state index in [-0.39, 0.29) is 17.9 Å². The Balaban J connectivity index is 2.52. The third-order valence-corrected chi connectivity index (χ3v) is 3.16. The zero-order valence-electron chi connectivity index (χ0n) is 12.1. The number of rotatable bonds is 7. The van der Waals surface area contributed by atoms with Gasteiger partial charge in [0.15, 0.2) is 0 Å². The van der Waals surface area contributed by atoms with Gasteiger partial charge in [-0.05, 0) is 31.5 Å². The summed E-state index contributed by atoms with van der Waals surface area (Å²) in [6, 6.07) is 8.00. The number of carbonyl (C=O) groups excluding carboxylic acids is 1. The molecule has 0 fully saturated rings. The molecule has 0 saturated heterocycles. The van der Waals surface area contributed by atoms with Crippen molar-refractivity contribution in [3.63, 3.8) is 0 Å². The Morgan fingerprint density at radius 3 is 2.74 bits per heavy atom. The van der Waals surface area contributed by atoms with Crippen molar-refractivity contribution in [3.8, 4) is 5.75 Å². The van der Waals surface area contributed by atoms with Crippen LogP contribution in [-0.2, 0) is 16.1 Å². The van der Waals surface area contributed by atoms with Gasteiger partial charge in [0, 0.05) is 12.6 Å². The molecule has 106 valence electrons. The minimum Gasteiger partial charge on any atom is -0.494 e. The topological polar surface area (TPSA) is 47.6 Å². The summed E-state index contributed by atoms with van der Waals surface area (Å²) in [7, 11) is 1.41. The first kappa shape index (κ1) is 15.5. The monoisotopic (exact) mass is 265 g/mol. The zero-order valence-corrected chi connectivity index (χ0v) is 12.1. The fraction of sp³-hybridized carbons (Fsp3) is 0.533. The van der Waals surface area contributed by atoms with E-state index >= 15 is 0 Å². The Kier molecular flexibility index (Phi) is 6.36. The predicted molar refractivity (Wildman–Crippen MR) is 75.1 cm³/mol. The molecule has 0 saturated carbocycles. The molecule has 0 bridgehead atoms. The molecule has 0 spiro atoms. The molecule has 1 rings (SSSR count). The highest BCUT2D eigenvalue weighted by Crippen LogP contribution is 2.14. The van der Waals surface area contributed by atoms with Crippen molar-refractivity contribution in [1.82, 2.24) is 5.32 Å². The largest absolute Gasteiger partial charge is 0.494 e. The van der Waals surface area contributed by atoms with E-state index in [1.165, 1.54) is 7.11 Å². The maximum atomic E-state index is 11.4. The Labute approximate surface area is 115 Å². The summed E-state index contributed by atoms with van der Waals surface area (Å²) in [5.41, 5.74) is 1.13. The number of nitrogens with one attached hydrogen (secondary N) is 1. The van der Waals surface area contributed by atoms with E-state index in [0.29, 0.717) is 13.2 Å². The van der Waals surface area contributed by atoms with Gasteiger partial charge in [-0.25, -0.2) is 0 Å². The van der Waals surface area contributed by atoms with Gasteiger partial charge in [-0.15, -0.1) is 0 Å². The minimum absolute atomic E-state index is 0.0585. The van der Waals surface area contributed by atoms with Crippen LogP contribution in [0.1, 0.15) is 26.3 Å². The summed E-state index contributed by atoms with van der Waals surface area (Å²) in [4.78, 5) is 11.4. The van der Waals surface area contributed by atoms with Crippen molar-refractivity contribution >= 4 is 5.97 Å². The molecule has 4 heteroatoms. The standard InChI is InChI=1S/C15H23NO3/c1-5-19-14-8-6-7-13(9-14)10-16-12(3)11(2)15(17)18-4/h6-9,11-12,16H,5,10H2,1-4H3. The van der Waals surface area contributed by atoms with E-state index in [9.17, 15) is 4.79 Å². The molecule has 2 atom stereocenters. The quantitative estimate of drug-likeness (QED) is 0.769. The zero-order chi connectivity index (χ0) is 14.3. The van der Waals surface area contributed by atoms with Crippen molar-refractivity contribution < 1.29 is 14.3 Å². The van der Waals surface area contributed by atoms with Crippen molar-refractivity contribution in [2.45, 2.75) is 33.4 Å². The number of hydrogen-bond donors (Lipinski definition) is 1. The van der Waals surface area contributed by atoms with Gasteiger partial charge in [0.2, 0.25) is 0 Å². The number of benzene rings is 1. The lowest BCUT2D eigenvalue weighted by Crippen LogP contribution is -2.36. The van der Waals surface area contributed by atoms with Gasteiger partial charge in [-0.2, -0.15) is 0 Å². The summed E-state index contributed by atoms with van der Waals surface area (Å²) in [5.74, 6) is 0.513. The normalized spacial score (nSPS) is 13.7. The van der Waals surface area contributed by atoms with Crippen LogP contribution in [0.4, 0.5) is 0 Å². The second-order valence-electron chi connectivity index (χ2n) is 4.56. The van der Waals surface area contributed by atoms with Crippen molar-refractivity contribution in [2.75, 3.05) is 13.7 Å². The van der Waals surface area contributed by atoms with E-state index in [1.807, 2.05) is 45.0 Å². The second-order valence-corrected chi connectivity index (χ2v) is 4.56. The predicted octanol–water partition coefficient (Wildman–Crippen LogP) is 2.37. The van der Waals surface area contributed by atoms with Crippen molar-refractivity contribution in [3.05, 3.63) is 29.8 Å². The summed E-state index contributed by atoms with van der Waals surface area (Å²) in [6.07, 6.45) is 0. The van der Waals surface area contributed by atoms with E-state index in [1.54, 1.807) is 0 Å². The first-order chi connectivity index (χ1) is 9.08. The first-order valence-corrected chi connectivity index (χ1v) is 6.61. The van der Waals surface area contributed by atoms with Gasteiger partial charge in [0.05, 0.1) is 19.6 Å². The maximum Gasteiger partial charge on any atom is 0.309 e. The molecule has 1 aromatic rings. The Bertz CT molecular complexity index is 406. The summed E-state index contributed by atoms with van der Waals surface area (Å²) >= 11 is 0. The van der Waals surface area contributed by atoms with E-state index in [0.717, 1.165) is 11.3 Å². The van der Waals surface area contributed by atoms with Crippen LogP contribution in [-0.4, -0.2) is 25.7 Å². The highest BCUT2D eigenvalue weighted by Gasteiger charge is 2.20. The molecule has 0 aliphatic rings. The van der Waals surface area contributed by atoms with Crippen LogP contribution in [0.2, 0.25) is 0 Å². The fourth-order valence-electron chi connectivity index (χ4n) is 1.76. The maximum absolute atomic E-state index is 11.4. The Morgan fingerprint density at radius 1 is 1.37 bits per heavy atom. The van der Waals surface area contributed by atoms with Gasteiger partial charge in [0.25, 0.3) is 0 Å². The molecular formula is C15H23NO3. The lowest BCUT2D eigenvalue weighted by atomic mass is 10.0. The van der Waals surface area contributed by atoms with Crippen LogP contribution in [0.3, 0.4) is 0 Å². The smallest absolute Gasteiger partial charge is 0.309 e. The number of ether oxygens (including phenoxy) is 2. The molecule has 0 amide bonds. The third kappa shape index (κ3) is 4.91. The second kappa shape index (κ2) is 7.79. The van der Waals surface area contributed by atoms with Gasteiger partial charge in [-0.1, -0.05) is 19.1 Å². The number of carbonyl (C=O) groups is 1. The summed E-state index contributed by atoms with van der Waals surface area (Å²) in [6.45, 7) is 7.16. The molecule has 0 aliphatic carbocycles. The average Bonchev–Trinajstić information content (AvgIpc) is 2.44. The van der Waals surface area contributed by atoms with Gasteiger partial charge in [-0.3, -0.25) is 4.79 Å². The van der Waals surface area contributed by atoms with Crippen molar-refractivity contribution in [1.29, 1.82) is 0 Å².